The van der Waals surface area contributed by atoms with Crippen LogP contribution in [0.25, 0.3) is 0 Å². The van der Waals surface area contributed by atoms with Crippen LogP contribution < -0.4 is 31.5 Å². The van der Waals surface area contributed by atoms with E-state index in [2.05, 4.69) is 36.1 Å². The van der Waals surface area contributed by atoms with E-state index in [1.165, 1.54) is 11.9 Å². The standard InChI is InChI=1S/C22H32ClN7O2/c1-14(31)26-16-9-10-29(12-16)19-18(24)20(28-21(27-19)32-13-22(2,3)4)30(25)11-15-7-5-6-8-17(15)23/h5-8,16H,9-13,24-25H2,1-4H3,(H,26,31)/t16-/m0/s1. The number of halogens is 1. The van der Waals surface area contributed by atoms with Gasteiger partial charge < -0.3 is 20.7 Å². The van der Waals surface area contributed by atoms with Crippen LogP contribution in [0.2, 0.25) is 5.02 Å². The van der Waals surface area contributed by atoms with Gasteiger partial charge in [0, 0.05) is 31.1 Å². The highest BCUT2D eigenvalue weighted by atomic mass is 35.5. The molecule has 1 saturated heterocycles. The molecule has 2 aromatic rings. The summed E-state index contributed by atoms with van der Waals surface area (Å²) in [5, 5.41) is 5.01. The van der Waals surface area contributed by atoms with Gasteiger partial charge in [0.1, 0.15) is 5.69 Å². The second-order valence-electron chi connectivity index (χ2n) is 9.27. The molecule has 1 aliphatic rings. The van der Waals surface area contributed by atoms with Crippen LogP contribution in [0.5, 0.6) is 6.01 Å². The summed E-state index contributed by atoms with van der Waals surface area (Å²) in [6.45, 7) is 9.74. The van der Waals surface area contributed by atoms with Crippen molar-refractivity contribution in [2.45, 2.75) is 46.7 Å². The topological polar surface area (TPSA) is 123 Å². The van der Waals surface area contributed by atoms with E-state index < -0.39 is 0 Å². The summed E-state index contributed by atoms with van der Waals surface area (Å²) in [6, 6.07) is 7.70. The van der Waals surface area contributed by atoms with Gasteiger partial charge in [0.05, 0.1) is 13.2 Å². The van der Waals surface area contributed by atoms with Crippen LogP contribution in [0.15, 0.2) is 24.3 Å². The minimum atomic E-state index is -0.0742. The fourth-order valence-corrected chi connectivity index (χ4v) is 3.67. The minimum absolute atomic E-state index is 0.0290. The smallest absolute Gasteiger partial charge is 0.320 e. The van der Waals surface area contributed by atoms with E-state index in [1.807, 2.05) is 29.2 Å². The number of hydrogen-bond acceptors (Lipinski definition) is 8. The van der Waals surface area contributed by atoms with E-state index in [9.17, 15) is 4.79 Å². The molecule has 0 radical (unpaired) electrons. The Kier molecular flexibility index (Phi) is 7.30. The highest BCUT2D eigenvalue weighted by molar-refractivity contribution is 6.31. The molecule has 9 nitrogen and oxygen atoms in total. The highest BCUT2D eigenvalue weighted by Gasteiger charge is 2.28. The number of nitrogens with zero attached hydrogens (tertiary/aromatic N) is 4. The van der Waals surface area contributed by atoms with E-state index in [0.29, 0.717) is 48.6 Å². The molecule has 174 valence electrons. The summed E-state index contributed by atoms with van der Waals surface area (Å²) < 4.78 is 5.90. The normalized spacial score (nSPS) is 16.2. The molecule has 5 N–H and O–H groups in total. The molecule has 0 saturated carbocycles. The molecule has 0 bridgehead atoms. The van der Waals surface area contributed by atoms with Crippen LogP contribution in [0, 0.1) is 5.41 Å². The van der Waals surface area contributed by atoms with Gasteiger partial charge in [-0.25, -0.2) is 5.84 Å². The molecule has 2 heterocycles. The number of nitrogens with one attached hydrogen (secondary N) is 1. The number of nitrogens with two attached hydrogens (primary N) is 2. The van der Waals surface area contributed by atoms with E-state index in [0.717, 1.165) is 12.0 Å². The van der Waals surface area contributed by atoms with Crippen LogP contribution in [-0.4, -0.2) is 41.6 Å². The fraction of sp³-hybridized carbons (Fsp3) is 0.500. The van der Waals surface area contributed by atoms with Crippen molar-refractivity contribution in [1.82, 2.24) is 15.3 Å². The Morgan fingerprint density at radius 1 is 1.34 bits per heavy atom. The zero-order valence-electron chi connectivity index (χ0n) is 19.1. The number of hydrogen-bond donors (Lipinski definition) is 3. The molecule has 1 amide bonds. The molecule has 0 spiro atoms. The molecule has 0 aliphatic carbocycles. The average Bonchev–Trinajstić information content (AvgIpc) is 3.15. The van der Waals surface area contributed by atoms with Gasteiger partial charge in [0.15, 0.2) is 11.6 Å². The first-order chi connectivity index (χ1) is 15.0. The largest absolute Gasteiger partial charge is 0.463 e. The molecule has 32 heavy (non-hydrogen) atoms. The Bertz CT molecular complexity index is 964. The van der Waals surface area contributed by atoms with Gasteiger partial charge >= 0.3 is 6.01 Å². The Balaban J connectivity index is 1.92. The molecule has 10 heteroatoms. The van der Waals surface area contributed by atoms with Crippen molar-refractivity contribution in [2.24, 2.45) is 11.3 Å². The molecule has 1 aromatic carbocycles. The van der Waals surface area contributed by atoms with Gasteiger partial charge in [-0.15, -0.1) is 0 Å². The fourth-order valence-electron chi connectivity index (χ4n) is 3.48. The third-order valence-corrected chi connectivity index (χ3v) is 5.35. The van der Waals surface area contributed by atoms with Crippen molar-refractivity contribution in [2.75, 3.05) is 35.3 Å². The molecule has 3 rings (SSSR count). The molecule has 1 fully saturated rings. The molecule has 1 aromatic heterocycles. The van der Waals surface area contributed by atoms with Crippen molar-refractivity contribution in [3.05, 3.63) is 34.9 Å². The number of ether oxygens (including phenoxy) is 1. The van der Waals surface area contributed by atoms with Crippen LogP contribution in [0.1, 0.15) is 39.7 Å². The summed E-state index contributed by atoms with van der Waals surface area (Å²) in [5.41, 5.74) is 7.62. The molecule has 1 aliphatic heterocycles. The lowest BCUT2D eigenvalue weighted by atomic mass is 9.99. The summed E-state index contributed by atoms with van der Waals surface area (Å²) in [6.07, 6.45) is 0.794. The van der Waals surface area contributed by atoms with Crippen LogP contribution in [0.3, 0.4) is 0 Å². The number of anilines is 3. The van der Waals surface area contributed by atoms with Gasteiger partial charge in [0.25, 0.3) is 0 Å². The first-order valence-electron chi connectivity index (χ1n) is 10.6. The maximum Gasteiger partial charge on any atom is 0.320 e. The van der Waals surface area contributed by atoms with E-state index in [4.69, 9.17) is 27.9 Å². The predicted octanol–water partition coefficient (Wildman–Crippen LogP) is 2.73. The number of rotatable bonds is 7. The Labute approximate surface area is 194 Å². The number of carbonyl (C=O) groups excluding carboxylic acids is 1. The Morgan fingerprint density at radius 2 is 2.06 bits per heavy atom. The zero-order chi connectivity index (χ0) is 23.5. The van der Waals surface area contributed by atoms with Crippen molar-refractivity contribution < 1.29 is 9.53 Å². The SMILES string of the molecule is CC(=O)N[C@H]1CCN(c2nc(OCC(C)(C)C)nc(N(N)Cc3ccccc3Cl)c2N)C1. The molecule has 0 unspecified atom stereocenters. The number of benzene rings is 1. The number of aromatic nitrogens is 2. The van der Waals surface area contributed by atoms with Gasteiger partial charge in [-0.3, -0.25) is 9.80 Å². The maximum absolute atomic E-state index is 11.5. The zero-order valence-corrected chi connectivity index (χ0v) is 19.8. The van der Waals surface area contributed by atoms with Gasteiger partial charge in [-0.05, 0) is 23.5 Å². The van der Waals surface area contributed by atoms with E-state index in [-0.39, 0.29) is 23.4 Å². The van der Waals surface area contributed by atoms with Gasteiger partial charge in [0.2, 0.25) is 5.91 Å². The second-order valence-corrected chi connectivity index (χ2v) is 9.68. The number of nitrogen functional groups attached to an aromatic ring is 1. The summed E-state index contributed by atoms with van der Waals surface area (Å²) in [5.74, 6) is 7.23. The van der Waals surface area contributed by atoms with Crippen molar-refractivity contribution >= 4 is 34.8 Å². The van der Waals surface area contributed by atoms with Crippen LogP contribution in [-0.2, 0) is 11.3 Å². The Hall–Kier alpha value is -2.78. The van der Waals surface area contributed by atoms with Gasteiger partial charge in [-0.2, -0.15) is 9.97 Å². The summed E-state index contributed by atoms with van der Waals surface area (Å²) in [7, 11) is 0. The quantitative estimate of drug-likeness (QED) is 0.425. The first kappa shape index (κ1) is 23.9. The minimum Gasteiger partial charge on any atom is -0.463 e. The predicted molar refractivity (Wildman–Crippen MR) is 128 cm³/mol. The molecular weight excluding hydrogens is 430 g/mol. The third-order valence-electron chi connectivity index (χ3n) is 4.98. The summed E-state index contributed by atoms with van der Waals surface area (Å²) in [4.78, 5) is 22.6. The van der Waals surface area contributed by atoms with Gasteiger partial charge in [-0.1, -0.05) is 50.6 Å². The van der Waals surface area contributed by atoms with E-state index in [1.54, 1.807) is 0 Å². The van der Waals surface area contributed by atoms with Crippen molar-refractivity contribution in [3.63, 3.8) is 0 Å². The maximum atomic E-state index is 11.5. The number of amides is 1. The van der Waals surface area contributed by atoms with E-state index >= 15 is 0 Å². The molecule has 1 atom stereocenters. The lowest BCUT2D eigenvalue weighted by molar-refractivity contribution is -0.119. The number of carbonyl (C=O) groups is 1. The monoisotopic (exact) mass is 461 g/mol. The second kappa shape index (κ2) is 9.79. The van der Waals surface area contributed by atoms with Crippen LogP contribution in [0.4, 0.5) is 17.3 Å². The third kappa shape index (κ3) is 6.14. The average molecular weight is 462 g/mol. The van der Waals surface area contributed by atoms with Crippen LogP contribution >= 0.6 is 11.6 Å². The Morgan fingerprint density at radius 3 is 2.72 bits per heavy atom. The lowest BCUT2D eigenvalue weighted by Gasteiger charge is -2.26. The summed E-state index contributed by atoms with van der Waals surface area (Å²) >= 11 is 6.31. The molecular formula is C22H32ClN7O2. The van der Waals surface area contributed by atoms with Crippen molar-refractivity contribution in [1.29, 1.82) is 0 Å². The first-order valence-corrected chi connectivity index (χ1v) is 11.0. The lowest BCUT2D eigenvalue weighted by Crippen LogP contribution is -2.36. The number of hydrazine groups is 1. The van der Waals surface area contributed by atoms with Crippen molar-refractivity contribution in [3.8, 4) is 6.01 Å². The highest BCUT2D eigenvalue weighted by Crippen LogP contribution is 2.34.